The third-order valence-corrected chi connectivity index (χ3v) is 2.26. The molecule has 0 atom stereocenters. The topological polar surface area (TPSA) is 65.7 Å². The van der Waals surface area contributed by atoms with Gasteiger partial charge in [0.05, 0.1) is 0 Å². The van der Waals surface area contributed by atoms with Crippen LogP contribution in [0.25, 0.3) is 0 Å². The molecule has 0 bridgehead atoms. The van der Waals surface area contributed by atoms with E-state index in [9.17, 15) is 10.2 Å². The first kappa shape index (κ1) is 11.1. The minimum atomic E-state index is 0.0160. The summed E-state index contributed by atoms with van der Waals surface area (Å²) in [6, 6.07) is 10.1. The number of rotatable bonds is 2. The molecule has 0 amide bonds. The molecule has 0 unspecified atom stereocenters. The summed E-state index contributed by atoms with van der Waals surface area (Å²) in [5.41, 5.74) is 1.35. The van der Waals surface area contributed by atoms with Gasteiger partial charge >= 0.3 is 0 Å². The van der Waals surface area contributed by atoms with Gasteiger partial charge in [-0.1, -0.05) is 12.1 Å². The second-order valence-corrected chi connectivity index (χ2v) is 3.61. The van der Waals surface area contributed by atoms with E-state index in [2.05, 4.69) is 9.98 Å². The molecule has 0 saturated heterocycles. The Morgan fingerprint density at radius 3 is 2.59 bits per heavy atom. The number of hydrogen-bond acceptors (Lipinski definition) is 4. The van der Waals surface area contributed by atoms with Crippen molar-refractivity contribution in [2.75, 3.05) is 0 Å². The van der Waals surface area contributed by atoms with Crippen LogP contribution in [0.5, 0.6) is 11.5 Å². The molecule has 4 heteroatoms. The average Bonchev–Trinajstić information content (AvgIpc) is 2.32. The summed E-state index contributed by atoms with van der Waals surface area (Å²) in [6.45, 7) is 1.82. The molecule has 0 fully saturated rings. The van der Waals surface area contributed by atoms with Crippen LogP contribution in [0.1, 0.15) is 11.3 Å². The van der Waals surface area contributed by atoms with Gasteiger partial charge in [0, 0.05) is 17.5 Å². The van der Waals surface area contributed by atoms with Gasteiger partial charge in [0.15, 0.2) is 11.6 Å². The maximum Gasteiger partial charge on any atom is 0.194 e. The molecule has 2 N–H and O–H groups in total. The van der Waals surface area contributed by atoms with Crippen molar-refractivity contribution in [1.82, 2.24) is 4.98 Å². The first-order valence-electron chi connectivity index (χ1n) is 5.15. The summed E-state index contributed by atoms with van der Waals surface area (Å²) in [6.07, 6.45) is 1.47. The molecule has 0 spiro atoms. The Hall–Kier alpha value is -2.36. The van der Waals surface area contributed by atoms with E-state index >= 15 is 0 Å². The molecular formula is C13H12N2O2. The molecule has 0 aliphatic rings. The Balaban J connectivity index is 2.32. The van der Waals surface area contributed by atoms with Crippen LogP contribution in [-0.2, 0) is 0 Å². The van der Waals surface area contributed by atoms with Crippen molar-refractivity contribution in [3.05, 3.63) is 47.7 Å². The number of para-hydroxylation sites is 1. The molecule has 1 aromatic carbocycles. The van der Waals surface area contributed by atoms with E-state index in [-0.39, 0.29) is 17.3 Å². The molecule has 1 aromatic heterocycles. The number of benzene rings is 1. The second-order valence-electron chi connectivity index (χ2n) is 3.61. The van der Waals surface area contributed by atoms with Crippen LogP contribution >= 0.6 is 0 Å². The molecule has 17 heavy (non-hydrogen) atoms. The Morgan fingerprint density at radius 2 is 1.82 bits per heavy atom. The first-order valence-corrected chi connectivity index (χ1v) is 5.15. The highest BCUT2D eigenvalue weighted by Crippen LogP contribution is 2.23. The van der Waals surface area contributed by atoms with Crippen molar-refractivity contribution >= 4 is 12.0 Å². The lowest BCUT2D eigenvalue weighted by Crippen LogP contribution is -1.84. The van der Waals surface area contributed by atoms with Crippen LogP contribution in [-0.4, -0.2) is 21.4 Å². The van der Waals surface area contributed by atoms with Crippen molar-refractivity contribution in [3.8, 4) is 11.5 Å². The smallest absolute Gasteiger partial charge is 0.194 e. The van der Waals surface area contributed by atoms with E-state index in [1.165, 1.54) is 6.21 Å². The standard InChI is InChI=1S/C13H12N2O2/c1-9-6-7-12(17)13(15-9)14-8-10-4-2-3-5-11(10)16/h2-8,16-17H,1H3/b14-8+. The summed E-state index contributed by atoms with van der Waals surface area (Å²) in [4.78, 5) is 8.14. The van der Waals surface area contributed by atoms with Gasteiger partial charge in [-0.25, -0.2) is 9.98 Å². The monoisotopic (exact) mass is 228 g/mol. The zero-order valence-corrected chi connectivity index (χ0v) is 9.33. The van der Waals surface area contributed by atoms with Gasteiger partial charge in [0.1, 0.15) is 5.75 Å². The second kappa shape index (κ2) is 4.65. The zero-order valence-electron chi connectivity index (χ0n) is 9.33. The molecule has 0 aliphatic heterocycles. The van der Waals surface area contributed by atoms with Gasteiger partial charge in [-0.05, 0) is 31.2 Å². The van der Waals surface area contributed by atoms with Crippen molar-refractivity contribution in [3.63, 3.8) is 0 Å². The predicted octanol–water partition coefficient (Wildman–Crippen LogP) is 2.55. The molecule has 1 heterocycles. The highest BCUT2D eigenvalue weighted by Gasteiger charge is 2.01. The Bertz CT molecular complexity index is 565. The molecule has 4 nitrogen and oxygen atoms in total. The van der Waals surface area contributed by atoms with Gasteiger partial charge in [0.2, 0.25) is 0 Å². The minimum absolute atomic E-state index is 0.0160. The number of hydrogen-bond donors (Lipinski definition) is 2. The Morgan fingerprint density at radius 1 is 1.06 bits per heavy atom. The van der Waals surface area contributed by atoms with Gasteiger partial charge in [-0.3, -0.25) is 0 Å². The summed E-state index contributed by atoms with van der Waals surface area (Å²) < 4.78 is 0. The van der Waals surface area contributed by atoms with Crippen molar-refractivity contribution in [2.24, 2.45) is 4.99 Å². The fourth-order valence-corrected chi connectivity index (χ4v) is 1.36. The van der Waals surface area contributed by atoms with Crippen molar-refractivity contribution in [2.45, 2.75) is 6.92 Å². The number of nitrogens with zero attached hydrogens (tertiary/aromatic N) is 2. The number of aromatic nitrogens is 1. The van der Waals surface area contributed by atoms with E-state index < -0.39 is 0 Å². The molecule has 0 radical (unpaired) electrons. The van der Waals surface area contributed by atoms with E-state index in [4.69, 9.17) is 0 Å². The average molecular weight is 228 g/mol. The van der Waals surface area contributed by atoms with Crippen LogP contribution < -0.4 is 0 Å². The Labute approximate surface area is 98.9 Å². The van der Waals surface area contributed by atoms with Crippen LogP contribution in [0.2, 0.25) is 0 Å². The number of phenolic OH excluding ortho intramolecular Hbond substituents is 1. The highest BCUT2D eigenvalue weighted by atomic mass is 16.3. The predicted molar refractivity (Wildman–Crippen MR) is 66.0 cm³/mol. The maximum absolute atomic E-state index is 9.54. The fraction of sp³-hybridized carbons (Fsp3) is 0.0769. The number of aliphatic imine (C=N–C) groups is 1. The Kier molecular flexibility index (Phi) is 3.05. The largest absolute Gasteiger partial charge is 0.507 e. The van der Waals surface area contributed by atoms with Crippen LogP contribution in [0.15, 0.2) is 41.4 Å². The zero-order chi connectivity index (χ0) is 12.3. The third kappa shape index (κ3) is 2.60. The number of aromatic hydroxyl groups is 2. The summed E-state index contributed by atoms with van der Waals surface area (Å²) in [5, 5.41) is 19.1. The van der Waals surface area contributed by atoms with Gasteiger partial charge in [0.25, 0.3) is 0 Å². The van der Waals surface area contributed by atoms with Gasteiger partial charge < -0.3 is 10.2 Å². The number of phenols is 1. The summed E-state index contributed by atoms with van der Waals surface area (Å²) >= 11 is 0. The molecular weight excluding hydrogens is 216 g/mol. The number of pyridine rings is 1. The number of aryl methyl sites for hydroxylation is 1. The lowest BCUT2D eigenvalue weighted by Gasteiger charge is -2.00. The van der Waals surface area contributed by atoms with Crippen LogP contribution in [0.3, 0.4) is 0 Å². The first-order chi connectivity index (χ1) is 8.16. The molecule has 86 valence electrons. The molecule has 0 saturated carbocycles. The minimum Gasteiger partial charge on any atom is -0.507 e. The lowest BCUT2D eigenvalue weighted by molar-refractivity contribution is 0.473. The summed E-state index contributed by atoms with van der Waals surface area (Å²) in [5.74, 6) is 0.402. The van der Waals surface area contributed by atoms with E-state index in [0.717, 1.165) is 5.69 Å². The lowest BCUT2D eigenvalue weighted by atomic mass is 10.2. The normalized spacial score (nSPS) is 10.9. The van der Waals surface area contributed by atoms with E-state index in [1.54, 1.807) is 36.4 Å². The van der Waals surface area contributed by atoms with Crippen LogP contribution in [0.4, 0.5) is 5.82 Å². The summed E-state index contributed by atoms with van der Waals surface area (Å²) in [7, 11) is 0. The highest BCUT2D eigenvalue weighted by molar-refractivity contribution is 5.85. The molecule has 2 rings (SSSR count). The van der Waals surface area contributed by atoms with Crippen molar-refractivity contribution in [1.29, 1.82) is 0 Å². The van der Waals surface area contributed by atoms with E-state index in [0.29, 0.717) is 5.56 Å². The maximum atomic E-state index is 9.54. The SMILES string of the molecule is Cc1ccc(O)c(/N=C/c2ccccc2O)n1. The third-order valence-electron chi connectivity index (χ3n) is 2.26. The van der Waals surface area contributed by atoms with Crippen LogP contribution in [0, 0.1) is 6.92 Å². The molecule has 0 aliphatic carbocycles. The van der Waals surface area contributed by atoms with Gasteiger partial charge in [-0.15, -0.1) is 0 Å². The fourth-order valence-electron chi connectivity index (χ4n) is 1.36. The van der Waals surface area contributed by atoms with Gasteiger partial charge in [-0.2, -0.15) is 0 Å². The van der Waals surface area contributed by atoms with Crippen molar-refractivity contribution < 1.29 is 10.2 Å². The quantitative estimate of drug-likeness (QED) is 0.776. The van der Waals surface area contributed by atoms with E-state index in [1.807, 2.05) is 6.92 Å². The molecule has 2 aromatic rings.